The Morgan fingerprint density at radius 1 is 1.04 bits per heavy atom. The average Bonchev–Trinajstić information content (AvgIpc) is 2.99. The molecule has 0 aliphatic carbocycles. The van der Waals surface area contributed by atoms with Crippen LogP contribution >= 0.6 is 0 Å². The Kier molecular flexibility index (Phi) is 4.73. The van der Waals surface area contributed by atoms with Crippen molar-refractivity contribution in [2.24, 2.45) is 0 Å². The minimum Gasteiger partial charge on any atom is -0.354 e. The van der Waals surface area contributed by atoms with Crippen LogP contribution < -0.4 is 0 Å². The van der Waals surface area contributed by atoms with Crippen molar-refractivity contribution < 1.29 is 13.2 Å². The third kappa shape index (κ3) is 3.06. The third-order valence-electron chi connectivity index (χ3n) is 4.57. The number of hydrogen-bond acceptors (Lipinski definition) is 3. The highest BCUT2D eigenvalue weighted by atomic mass is 32.2. The fourth-order valence-corrected chi connectivity index (χ4v) is 3.88. The number of aromatic nitrogens is 1. The lowest BCUT2D eigenvalue weighted by Crippen LogP contribution is -2.22. The van der Waals surface area contributed by atoms with Crippen LogP contribution in [0.3, 0.4) is 0 Å². The lowest BCUT2D eigenvalue weighted by Gasteiger charge is -2.11. The molecular formula is C20H22N2O3S. The Morgan fingerprint density at radius 3 is 2.23 bits per heavy atom. The van der Waals surface area contributed by atoms with Crippen LogP contribution in [0.5, 0.6) is 0 Å². The SMILES string of the molecule is CC(C)c1ccc(-c2[nH]c3ccc(S(=O)(=O)N(C)C)cc3c2C=O)cc1. The molecule has 3 aromatic rings. The molecule has 1 aromatic heterocycles. The number of rotatable bonds is 5. The minimum atomic E-state index is -3.56. The Hall–Kier alpha value is -2.44. The van der Waals surface area contributed by atoms with Gasteiger partial charge in [0.05, 0.1) is 10.6 Å². The fourth-order valence-electron chi connectivity index (χ4n) is 2.95. The summed E-state index contributed by atoms with van der Waals surface area (Å²) >= 11 is 0. The summed E-state index contributed by atoms with van der Waals surface area (Å²) in [6, 6.07) is 12.8. The normalized spacial score (nSPS) is 12.2. The van der Waals surface area contributed by atoms with Gasteiger partial charge in [0, 0.05) is 30.6 Å². The number of nitrogens with one attached hydrogen (secondary N) is 1. The molecule has 0 atom stereocenters. The van der Waals surface area contributed by atoms with Crippen LogP contribution in [0.15, 0.2) is 47.4 Å². The van der Waals surface area contributed by atoms with Crippen LogP contribution in [0.1, 0.15) is 35.7 Å². The highest BCUT2D eigenvalue weighted by Gasteiger charge is 2.20. The van der Waals surface area contributed by atoms with E-state index in [-0.39, 0.29) is 4.90 Å². The molecule has 0 aliphatic heterocycles. The van der Waals surface area contributed by atoms with Gasteiger partial charge in [-0.3, -0.25) is 4.79 Å². The molecule has 0 fully saturated rings. The number of carbonyl (C=O) groups is 1. The van der Waals surface area contributed by atoms with Crippen molar-refractivity contribution in [1.29, 1.82) is 0 Å². The molecule has 5 nitrogen and oxygen atoms in total. The molecule has 6 heteroatoms. The van der Waals surface area contributed by atoms with Crippen molar-refractivity contribution in [3.8, 4) is 11.3 Å². The molecule has 0 bridgehead atoms. The second-order valence-corrected chi connectivity index (χ2v) is 8.95. The first kappa shape index (κ1) is 18.4. The summed E-state index contributed by atoms with van der Waals surface area (Å²) in [6.45, 7) is 4.25. The fraction of sp³-hybridized carbons (Fsp3) is 0.250. The van der Waals surface area contributed by atoms with Crippen LogP contribution in [0.4, 0.5) is 0 Å². The van der Waals surface area contributed by atoms with Crippen molar-refractivity contribution in [1.82, 2.24) is 9.29 Å². The first-order valence-electron chi connectivity index (χ1n) is 8.39. The largest absolute Gasteiger partial charge is 0.354 e. The van der Waals surface area contributed by atoms with E-state index in [0.29, 0.717) is 22.6 Å². The van der Waals surface area contributed by atoms with E-state index in [0.717, 1.165) is 21.7 Å². The van der Waals surface area contributed by atoms with Crippen molar-refractivity contribution in [2.75, 3.05) is 14.1 Å². The predicted octanol–water partition coefficient (Wildman–Crippen LogP) is 4.02. The summed E-state index contributed by atoms with van der Waals surface area (Å²) in [5, 5.41) is 0.603. The molecule has 26 heavy (non-hydrogen) atoms. The van der Waals surface area contributed by atoms with Gasteiger partial charge in [-0.15, -0.1) is 0 Å². The highest BCUT2D eigenvalue weighted by Crippen LogP contribution is 2.31. The van der Waals surface area contributed by atoms with Crippen molar-refractivity contribution in [3.63, 3.8) is 0 Å². The summed E-state index contributed by atoms with van der Waals surface area (Å²) in [5.41, 5.74) is 4.01. The molecule has 0 aliphatic rings. The molecule has 0 saturated heterocycles. The Bertz CT molecular complexity index is 1060. The molecule has 0 radical (unpaired) electrons. The molecule has 136 valence electrons. The van der Waals surface area contributed by atoms with Gasteiger partial charge in [0.2, 0.25) is 10.0 Å². The zero-order chi connectivity index (χ0) is 19.1. The maximum atomic E-state index is 12.4. The number of nitrogens with zero attached hydrogens (tertiary/aromatic N) is 1. The maximum absolute atomic E-state index is 12.4. The maximum Gasteiger partial charge on any atom is 0.242 e. The van der Waals surface area contributed by atoms with Crippen molar-refractivity contribution >= 4 is 27.2 Å². The lowest BCUT2D eigenvalue weighted by atomic mass is 9.99. The first-order valence-corrected chi connectivity index (χ1v) is 9.83. The van der Waals surface area contributed by atoms with Crippen LogP contribution in [-0.4, -0.2) is 38.1 Å². The molecule has 0 spiro atoms. The van der Waals surface area contributed by atoms with Gasteiger partial charge < -0.3 is 4.98 Å². The smallest absolute Gasteiger partial charge is 0.242 e. The van der Waals surface area contributed by atoms with Gasteiger partial charge in [0.15, 0.2) is 6.29 Å². The van der Waals surface area contributed by atoms with Crippen LogP contribution in [-0.2, 0) is 10.0 Å². The number of H-pyrrole nitrogens is 1. The van der Waals surface area contributed by atoms with Crippen molar-refractivity contribution in [2.45, 2.75) is 24.7 Å². The summed E-state index contributed by atoms with van der Waals surface area (Å²) < 4.78 is 25.9. The summed E-state index contributed by atoms with van der Waals surface area (Å²) in [5.74, 6) is 0.427. The lowest BCUT2D eigenvalue weighted by molar-refractivity contribution is 0.112. The predicted molar refractivity (Wildman–Crippen MR) is 104 cm³/mol. The van der Waals surface area contributed by atoms with Crippen LogP contribution in [0.2, 0.25) is 0 Å². The summed E-state index contributed by atoms with van der Waals surface area (Å²) in [6.07, 6.45) is 0.774. The molecule has 2 aromatic carbocycles. The quantitative estimate of drug-likeness (QED) is 0.690. The standard InChI is InChI=1S/C20H22N2O3S/c1-13(2)14-5-7-15(8-6-14)20-18(12-23)17-11-16(9-10-19(17)21-20)26(24,25)22(3)4/h5-13,21H,1-4H3. The van der Waals surface area contributed by atoms with Gasteiger partial charge in [-0.2, -0.15) is 0 Å². The first-order chi connectivity index (χ1) is 12.3. The number of sulfonamides is 1. The van der Waals surface area contributed by atoms with E-state index < -0.39 is 10.0 Å². The van der Waals surface area contributed by atoms with Gasteiger partial charge in [-0.25, -0.2) is 12.7 Å². The molecule has 1 heterocycles. The molecule has 0 amide bonds. The Morgan fingerprint density at radius 2 is 1.69 bits per heavy atom. The molecule has 1 N–H and O–H groups in total. The van der Waals surface area contributed by atoms with E-state index >= 15 is 0 Å². The number of carbonyl (C=O) groups excluding carboxylic acids is 1. The monoisotopic (exact) mass is 370 g/mol. The zero-order valence-electron chi connectivity index (χ0n) is 15.3. The van der Waals surface area contributed by atoms with E-state index in [2.05, 4.69) is 18.8 Å². The molecule has 0 saturated carbocycles. The van der Waals surface area contributed by atoms with Gasteiger partial charge in [-0.05, 0) is 35.2 Å². The Labute approximate surface area is 153 Å². The van der Waals surface area contributed by atoms with E-state index in [1.54, 1.807) is 18.2 Å². The topological polar surface area (TPSA) is 70.2 Å². The van der Waals surface area contributed by atoms with E-state index in [1.807, 2.05) is 24.3 Å². The number of fused-ring (bicyclic) bond motifs is 1. The van der Waals surface area contributed by atoms with Gasteiger partial charge in [0.25, 0.3) is 0 Å². The van der Waals surface area contributed by atoms with E-state index in [9.17, 15) is 13.2 Å². The average molecular weight is 370 g/mol. The third-order valence-corrected chi connectivity index (χ3v) is 6.38. The summed E-state index contributed by atoms with van der Waals surface area (Å²) in [7, 11) is -0.590. The molecule has 0 unspecified atom stereocenters. The number of benzene rings is 2. The second kappa shape index (κ2) is 6.70. The van der Waals surface area contributed by atoms with Gasteiger partial charge in [-0.1, -0.05) is 38.1 Å². The number of aromatic amines is 1. The highest BCUT2D eigenvalue weighted by molar-refractivity contribution is 7.89. The second-order valence-electron chi connectivity index (χ2n) is 6.80. The van der Waals surface area contributed by atoms with Crippen LogP contribution in [0.25, 0.3) is 22.2 Å². The molecule has 3 rings (SSSR count). The van der Waals surface area contributed by atoms with Gasteiger partial charge >= 0.3 is 0 Å². The van der Waals surface area contributed by atoms with E-state index in [4.69, 9.17) is 0 Å². The van der Waals surface area contributed by atoms with Crippen LogP contribution in [0, 0.1) is 0 Å². The van der Waals surface area contributed by atoms with Crippen molar-refractivity contribution in [3.05, 3.63) is 53.6 Å². The minimum absolute atomic E-state index is 0.166. The van der Waals surface area contributed by atoms with E-state index in [1.165, 1.54) is 19.7 Å². The zero-order valence-corrected chi connectivity index (χ0v) is 16.1. The van der Waals surface area contributed by atoms with Gasteiger partial charge in [0.1, 0.15) is 0 Å². The number of aldehydes is 1. The number of hydrogen-bond donors (Lipinski definition) is 1. The summed E-state index contributed by atoms with van der Waals surface area (Å²) in [4.78, 5) is 15.2. The Balaban J connectivity index is 2.18. The molecular weight excluding hydrogens is 348 g/mol.